The molecule has 36 heavy (non-hydrogen) atoms. The minimum atomic E-state index is -1.03. The predicted octanol–water partition coefficient (Wildman–Crippen LogP) is 3.39. The van der Waals surface area contributed by atoms with E-state index in [1.165, 1.54) is 17.7 Å². The molecule has 0 saturated heterocycles. The number of halogens is 2. The largest absolute Gasteiger partial charge is 0.491 e. The summed E-state index contributed by atoms with van der Waals surface area (Å²) >= 11 is 0. The monoisotopic (exact) mass is 498 g/mol. The van der Waals surface area contributed by atoms with Gasteiger partial charge in [0.1, 0.15) is 24.0 Å². The smallest absolute Gasteiger partial charge is 0.251 e. The van der Waals surface area contributed by atoms with Crippen molar-refractivity contribution < 1.29 is 28.5 Å². The Bertz CT molecular complexity index is 1100. The molecule has 0 spiro atoms. The second-order valence-corrected chi connectivity index (χ2v) is 8.53. The van der Waals surface area contributed by atoms with Gasteiger partial charge in [-0.05, 0) is 65.9 Å². The van der Waals surface area contributed by atoms with Gasteiger partial charge in [-0.25, -0.2) is 8.78 Å². The average molecular weight is 499 g/mol. The summed E-state index contributed by atoms with van der Waals surface area (Å²) in [5, 5.41) is 25.8. The molecule has 2 unspecified atom stereocenters. The lowest BCUT2D eigenvalue weighted by Gasteiger charge is -2.25. The summed E-state index contributed by atoms with van der Waals surface area (Å²) in [5.41, 5.74) is 2.93. The molecular formula is C28H32F2N2O4. The van der Waals surface area contributed by atoms with Crippen LogP contribution >= 0.6 is 0 Å². The molecule has 1 amide bonds. The number of rotatable bonds is 13. The third-order valence-electron chi connectivity index (χ3n) is 5.72. The van der Waals surface area contributed by atoms with Crippen molar-refractivity contribution >= 4 is 5.91 Å². The van der Waals surface area contributed by atoms with Gasteiger partial charge in [-0.1, -0.05) is 31.2 Å². The lowest BCUT2D eigenvalue weighted by molar-refractivity contribution is 0.0829. The van der Waals surface area contributed by atoms with Crippen LogP contribution in [0.1, 0.15) is 34.0 Å². The van der Waals surface area contributed by atoms with Gasteiger partial charge in [0, 0.05) is 24.7 Å². The van der Waals surface area contributed by atoms with Crippen LogP contribution in [0.25, 0.3) is 0 Å². The van der Waals surface area contributed by atoms with E-state index >= 15 is 0 Å². The van der Waals surface area contributed by atoms with Crippen LogP contribution in [0.4, 0.5) is 8.78 Å². The molecule has 2 atom stereocenters. The van der Waals surface area contributed by atoms with Crippen LogP contribution in [0, 0.1) is 11.6 Å². The van der Waals surface area contributed by atoms with Gasteiger partial charge in [0.2, 0.25) is 0 Å². The molecule has 0 aliphatic carbocycles. The minimum absolute atomic E-state index is 0.0340. The number of aliphatic hydroxyl groups is 2. The number of carbonyl (C=O) groups is 1. The Morgan fingerprint density at radius 3 is 2.33 bits per heavy atom. The quantitative estimate of drug-likeness (QED) is 0.290. The first-order valence-electron chi connectivity index (χ1n) is 11.9. The SMILES string of the molecule is CCc1cccc(CNCC(O)C(Cc2cc(F)cc(F)c2)NC(=O)c2ccc(OCCO)cc2)c1. The topological polar surface area (TPSA) is 90.8 Å². The maximum atomic E-state index is 13.8. The zero-order chi connectivity index (χ0) is 25.9. The van der Waals surface area contributed by atoms with Gasteiger partial charge < -0.3 is 25.6 Å². The van der Waals surface area contributed by atoms with Crippen LogP contribution in [0.5, 0.6) is 5.75 Å². The molecular weight excluding hydrogens is 466 g/mol. The number of aryl methyl sites for hydroxylation is 1. The van der Waals surface area contributed by atoms with Gasteiger partial charge in [0.15, 0.2) is 0 Å². The zero-order valence-corrected chi connectivity index (χ0v) is 20.2. The standard InChI is InChI=1S/C28H32F2N2O4/c1-2-19-4-3-5-20(12-19)17-31-18-27(34)26(15-21-13-23(29)16-24(30)14-21)32-28(35)22-6-8-25(9-7-22)36-11-10-33/h3-9,12-14,16,26-27,31,33-34H,2,10-11,15,17-18H2,1H3,(H,32,35). The van der Waals surface area contributed by atoms with E-state index in [0.29, 0.717) is 23.4 Å². The lowest BCUT2D eigenvalue weighted by Crippen LogP contribution is -2.48. The Hall–Kier alpha value is -3.33. The fraction of sp³-hybridized carbons (Fsp3) is 0.321. The Morgan fingerprint density at radius 1 is 0.972 bits per heavy atom. The molecule has 0 fully saturated rings. The molecule has 0 aliphatic heterocycles. The predicted molar refractivity (Wildman–Crippen MR) is 134 cm³/mol. The molecule has 0 bridgehead atoms. The van der Waals surface area contributed by atoms with Crippen LogP contribution < -0.4 is 15.4 Å². The normalized spacial score (nSPS) is 12.7. The molecule has 0 aromatic heterocycles. The third-order valence-corrected chi connectivity index (χ3v) is 5.72. The van der Waals surface area contributed by atoms with Crippen LogP contribution in [-0.4, -0.2) is 48.0 Å². The molecule has 0 heterocycles. The van der Waals surface area contributed by atoms with Gasteiger partial charge in [0.05, 0.1) is 18.8 Å². The second kappa shape index (κ2) is 13.7. The fourth-order valence-corrected chi connectivity index (χ4v) is 3.85. The zero-order valence-electron chi connectivity index (χ0n) is 20.2. The maximum absolute atomic E-state index is 13.8. The molecule has 4 N–H and O–H groups in total. The van der Waals surface area contributed by atoms with Gasteiger partial charge >= 0.3 is 0 Å². The fourth-order valence-electron chi connectivity index (χ4n) is 3.85. The summed E-state index contributed by atoms with van der Waals surface area (Å²) in [5.74, 6) is -1.39. The van der Waals surface area contributed by atoms with Crippen molar-refractivity contribution in [3.05, 3.63) is 101 Å². The highest BCUT2D eigenvalue weighted by molar-refractivity contribution is 5.94. The van der Waals surface area contributed by atoms with Crippen molar-refractivity contribution in [1.82, 2.24) is 10.6 Å². The van der Waals surface area contributed by atoms with E-state index in [1.807, 2.05) is 18.2 Å². The average Bonchev–Trinajstić information content (AvgIpc) is 2.86. The first-order chi connectivity index (χ1) is 17.4. The van der Waals surface area contributed by atoms with Gasteiger partial charge in [-0.3, -0.25) is 4.79 Å². The van der Waals surface area contributed by atoms with Gasteiger partial charge in [-0.2, -0.15) is 0 Å². The number of carbonyl (C=O) groups excluding carboxylic acids is 1. The molecule has 3 aromatic rings. The lowest BCUT2D eigenvalue weighted by atomic mass is 10.00. The molecule has 0 radical (unpaired) electrons. The summed E-state index contributed by atoms with van der Waals surface area (Å²) in [6, 6.07) is 16.8. The van der Waals surface area contributed by atoms with Crippen molar-refractivity contribution in [2.24, 2.45) is 0 Å². The second-order valence-electron chi connectivity index (χ2n) is 8.53. The summed E-state index contributed by atoms with van der Waals surface area (Å²) in [6.07, 6.45) is -0.0722. The van der Waals surface area contributed by atoms with E-state index in [4.69, 9.17) is 9.84 Å². The molecule has 192 valence electrons. The van der Waals surface area contributed by atoms with Crippen molar-refractivity contribution in [2.75, 3.05) is 19.8 Å². The highest BCUT2D eigenvalue weighted by atomic mass is 19.1. The number of nitrogens with one attached hydrogen (secondary N) is 2. The van der Waals surface area contributed by atoms with Crippen molar-refractivity contribution in [3.63, 3.8) is 0 Å². The van der Waals surface area contributed by atoms with Gasteiger partial charge in [0.25, 0.3) is 5.91 Å². The van der Waals surface area contributed by atoms with Crippen LogP contribution in [0.15, 0.2) is 66.7 Å². The van der Waals surface area contributed by atoms with Crippen molar-refractivity contribution in [1.29, 1.82) is 0 Å². The summed E-state index contributed by atoms with van der Waals surface area (Å²) < 4.78 is 32.8. The molecule has 0 aliphatic rings. The molecule has 3 aromatic carbocycles. The maximum Gasteiger partial charge on any atom is 0.251 e. The first kappa shape index (κ1) is 27.3. The number of aliphatic hydroxyl groups excluding tert-OH is 2. The number of benzene rings is 3. The number of hydrogen-bond acceptors (Lipinski definition) is 5. The Balaban J connectivity index is 1.69. The molecule has 0 saturated carbocycles. The van der Waals surface area contributed by atoms with E-state index in [0.717, 1.165) is 18.1 Å². The molecule has 3 rings (SSSR count). The molecule has 6 nitrogen and oxygen atoms in total. The third kappa shape index (κ3) is 8.41. The van der Waals surface area contributed by atoms with Crippen molar-refractivity contribution in [3.8, 4) is 5.75 Å². The first-order valence-corrected chi connectivity index (χ1v) is 11.9. The summed E-state index contributed by atoms with van der Waals surface area (Å²) in [6.45, 7) is 2.78. The van der Waals surface area contributed by atoms with Gasteiger partial charge in [-0.15, -0.1) is 0 Å². The Morgan fingerprint density at radius 2 is 1.67 bits per heavy atom. The summed E-state index contributed by atoms with van der Waals surface area (Å²) in [7, 11) is 0. The van der Waals surface area contributed by atoms with Crippen LogP contribution in [-0.2, 0) is 19.4 Å². The Labute approximate surface area is 209 Å². The highest BCUT2D eigenvalue weighted by Gasteiger charge is 2.23. The summed E-state index contributed by atoms with van der Waals surface area (Å²) in [4.78, 5) is 12.9. The van der Waals surface area contributed by atoms with E-state index < -0.39 is 29.7 Å². The van der Waals surface area contributed by atoms with E-state index in [1.54, 1.807) is 24.3 Å². The van der Waals surface area contributed by atoms with E-state index in [2.05, 4.69) is 23.6 Å². The number of ether oxygens (including phenoxy) is 1. The van der Waals surface area contributed by atoms with Crippen LogP contribution in [0.3, 0.4) is 0 Å². The van der Waals surface area contributed by atoms with Crippen molar-refractivity contribution in [2.45, 2.75) is 38.5 Å². The highest BCUT2D eigenvalue weighted by Crippen LogP contribution is 2.15. The number of hydrogen-bond donors (Lipinski definition) is 4. The minimum Gasteiger partial charge on any atom is -0.491 e. The van der Waals surface area contributed by atoms with E-state index in [9.17, 15) is 18.7 Å². The molecule has 8 heteroatoms. The Kier molecular flexibility index (Phi) is 10.4. The van der Waals surface area contributed by atoms with Crippen LogP contribution in [0.2, 0.25) is 0 Å². The number of amides is 1. The van der Waals surface area contributed by atoms with E-state index in [-0.39, 0.29) is 26.2 Å².